The quantitative estimate of drug-likeness (QED) is 0.0124. The predicted molar refractivity (Wildman–Crippen MR) is 510 cm³/mol. The predicted octanol–water partition coefficient (Wildman–Crippen LogP) is 14.9. The second-order valence-electron chi connectivity index (χ2n) is 28.3. The number of thiazole rings is 4. The maximum atomic E-state index is 13.9. The number of imide groups is 4. The molecule has 2 fully saturated rings. The number of ether oxygens (including phenoxy) is 5. The third-order valence-electron chi connectivity index (χ3n) is 18.4. The maximum Gasteiger partial charge on any atom is 0.414 e. The largest absolute Gasteiger partial charge is 0.464 e. The minimum Gasteiger partial charge on any atom is -0.464 e. The van der Waals surface area contributed by atoms with Crippen LogP contribution in [0.1, 0.15) is 155 Å². The fourth-order valence-corrected chi connectivity index (χ4v) is 19.4. The Hall–Kier alpha value is -14.7. The highest BCUT2D eigenvalue weighted by atomic mass is 32.1. The maximum absolute atomic E-state index is 13.9. The van der Waals surface area contributed by atoms with E-state index in [0.29, 0.717) is 105 Å². The SMILES string of the molecule is CC(C)OC(=O)NC(=O)c1ccsc1NC(=O)c1nc2ncccc2s1.CCOC(=O)NC(=O)c1cc(F)sc1NC(=O)c1ccc2nccn2n1.CCOC(=O)NC(=O)c1cc(F)sc1NC(=O)c1nc2ncccc2s1.O=C(CC(=O)c1cc(F)sc1NC(=O)c1nc2ccccc2s1)OCCN1CCCCC1.O=C(Nc1sccc1C(=O)NC(=O)N1CCOCC1)c1nc2cnccc2s1. The van der Waals surface area contributed by atoms with Gasteiger partial charge < -0.3 is 55.2 Å². The van der Waals surface area contributed by atoms with E-state index in [0.717, 1.165) is 74.3 Å². The summed E-state index contributed by atoms with van der Waals surface area (Å²) in [5.41, 5.74) is 2.79. The van der Waals surface area contributed by atoms with E-state index in [1.165, 1.54) is 90.8 Å². The van der Waals surface area contributed by atoms with E-state index in [1.54, 1.807) is 112 Å². The molecule has 2 aliphatic rings. The van der Waals surface area contributed by atoms with Crippen molar-refractivity contribution in [2.24, 2.45) is 0 Å². The molecule has 15 aromatic rings. The summed E-state index contributed by atoms with van der Waals surface area (Å²) >= 11 is 8.87. The number of carbonyl (C=O) groups is 15. The smallest absolute Gasteiger partial charge is 0.414 e. The Balaban J connectivity index is 0.000000146. The van der Waals surface area contributed by atoms with Crippen LogP contribution in [0.4, 0.5) is 57.4 Å². The molecule has 0 saturated carbocycles. The number of esters is 1. The zero-order valence-corrected chi connectivity index (χ0v) is 79.5. The lowest BCUT2D eigenvalue weighted by Gasteiger charge is -2.26. The van der Waals surface area contributed by atoms with Crippen LogP contribution in [0.15, 0.2) is 145 Å². The van der Waals surface area contributed by atoms with Crippen LogP contribution in [0.2, 0.25) is 0 Å². The fourth-order valence-electron chi connectivity index (χ4n) is 12.2. The van der Waals surface area contributed by atoms with Gasteiger partial charge in [-0.3, -0.25) is 83.9 Å². The number of benzene rings is 1. The average molecular weight is 2060 g/mol. The Kier molecular flexibility index (Phi) is 35.2. The molecule has 0 aliphatic carbocycles. The summed E-state index contributed by atoms with van der Waals surface area (Å²) in [5, 5.41) is 27.9. The fraction of sp³-hybridized carbons (Fsp3) is 0.224. The number of ketones is 1. The van der Waals surface area contributed by atoms with Crippen LogP contribution in [0.5, 0.6) is 0 Å². The molecule has 138 heavy (non-hydrogen) atoms. The van der Waals surface area contributed by atoms with Crippen molar-refractivity contribution in [3.8, 4) is 0 Å². The van der Waals surface area contributed by atoms with Gasteiger partial charge >= 0.3 is 30.3 Å². The van der Waals surface area contributed by atoms with E-state index in [1.807, 2.05) is 34.9 Å². The molecule has 9 N–H and O–H groups in total. The lowest BCUT2D eigenvalue weighted by atomic mass is 10.1. The van der Waals surface area contributed by atoms with Gasteiger partial charge in [-0.1, -0.05) is 52.6 Å². The number of amides is 14. The van der Waals surface area contributed by atoms with Crippen molar-refractivity contribution in [1.29, 1.82) is 0 Å². The van der Waals surface area contributed by atoms with Crippen molar-refractivity contribution in [2.45, 2.75) is 59.5 Å². The number of morpholine rings is 1. The number of thiophene rings is 5. The summed E-state index contributed by atoms with van der Waals surface area (Å²) in [6.07, 6.45) is 9.33. The number of piperidine rings is 1. The van der Waals surface area contributed by atoms with Crippen LogP contribution in [0.3, 0.4) is 0 Å². The minimum absolute atomic E-state index is 0.0403. The van der Waals surface area contributed by atoms with E-state index in [2.05, 4.69) is 96.6 Å². The zero-order chi connectivity index (χ0) is 98.1. The van der Waals surface area contributed by atoms with Gasteiger partial charge in [-0.15, -0.1) is 68.0 Å². The first-order valence-electron chi connectivity index (χ1n) is 41.0. The van der Waals surface area contributed by atoms with Gasteiger partial charge in [-0.25, -0.2) is 58.6 Å². The number of halogens is 3. The molecule has 0 bridgehead atoms. The van der Waals surface area contributed by atoms with E-state index in [9.17, 15) is 85.1 Å². The number of hydrogen-bond acceptors (Lipinski definition) is 39. The molecule has 16 heterocycles. The second-order valence-corrected chi connectivity index (χ2v) is 37.3. The molecular formula is C85H74F3N21O20S9. The second kappa shape index (κ2) is 48.2. The van der Waals surface area contributed by atoms with E-state index in [4.69, 9.17) is 14.2 Å². The summed E-state index contributed by atoms with van der Waals surface area (Å²) in [6.45, 7) is 11.2. The molecule has 14 amide bonds. The van der Waals surface area contributed by atoms with Crippen molar-refractivity contribution in [3.63, 3.8) is 0 Å². The number of imidazole rings is 1. The van der Waals surface area contributed by atoms with Crippen molar-refractivity contribution < 1.29 is 109 Å². The number of alkyl carbamates (subject to hydrolysis) is 3. The normalized spacial score (nSPS) is 12.2. The summed E-state index contributed by atoms with van der Waals surface area (Å²) in [7, 11) is 0. The Morgan fingerprint density at radius 1 is 0.449 bits per heavy atom. The number of anilines is 5. The van der Waals surface area contributed by atoms with Crippen LogP contribution < -0.4 is 47.9 Å². The third kappa shape index (κ3) is 27.6. The molecule has 0 spiro atoms. The number of para-hydroxylation sites is 1. The number of hydrogen-bond donors (Lipinski definition) is 9. The first-order valence-corrected chi connectivity index (χ1v) is 48.4. The molecule has 714 valence electrons. The van der Waals surface area contributed by atoms with Crippen LogP contribution in [-0.4, -0.2) is 220 Å². The minimum atomic E-state index is -0.964. The van der Waals surface area contributed by atoms with E-state index in [-0.39, 0.29) is 94.5 Å². The highest BCUT2D eigenvalue weighted by molar-refractivity contribution is 7.22. The Labute approximate surface area is 812 Å². The number of pyridine rings is 3. The molecule has 0 radical (unpaired) electrons. The number of likely N-dealkylation sites (tertiary alicyclic amines) is 1. The molecule has 0 unspecified atom stereocenters. The van der Waals surface area contributed by atoms with Crippen molar-refractivity contribution in [2.75, 3.05) is 92.3 Å². The Morgan fingerprint density at radius 3 is 1.46 bits per heavy atom. The number of carbonyl (C=O) groups excluding carboxylic acids is 15. The van der Waals surface area contributed by atoms with Gasteiger partial charge in [0.2, 0.25) is 0 Å². The van der Waals surface area contributed by atoms with Crippen LogP contribution in [0, 0.1) is 15.4 Å². The van der Waals surface area contributed by atoms with Gasteiger partial charge in [0, 0.05) is 62.8 Å². The number of aromatic nitrogens is 10. The molecular weight excluding hydrogens is 1980 g/mol. The molecule has 53 heteroatoms. The number of fused-ring (bicyclic) bond motifs is 5. The van der Waals surface area contributed by atoms with E-state index >= 15 is 0 Å². The first kappa shape index (κ1) is 101. The molecule has 41 nitrogen and oxygen atoms in total. The highest BCUT2D eigenvalue weighted by Gasteiger charge is 2.30. The van der Waals surface area contributed by atoms with Crippen molar-refractivity contribution in [1.82, 2.24) is 80.6 Å². The van der Waals surface area contributed by atoms with Crippen molar-refractivity contribution in [3.05, 3.63) is 214 Å². The number of rotatable bonds is 23. The van der Waals surface area contributed by atoms with Gasteiger partial charge in [0.15, 0.2) is 58.1 Å². The third-order valence-corrected chi connectivity index (χ3v) is 26.7. The lowest BCUT2D eigenvalue weighted by molar-refractivity contribution is -0.143. The standard InChI is InChI=1S/C22H22FN3O4S2.C17H15N5O4S2.C16H14N4O4S2.C15H12FN5O4S.C15H11FN4O4S2/c23-18-12-14(16(27)13-19(28)30-11-10-26-8-4-1-5-9-26)21(32-18)25-20(29)22-24-15-6-2-3-7-17(15)31-22;23-13(21-17(25)22-4-6-26-7-5-22)10-2-8-27-15(10)20-14(24)16-19-11-9-18-3-1-12(11)28-16;1-8(2)24-16(23)20-12(21)9-5-7-25-14(9)19-13(22)15-18-11-10(26-15)4-3-6-17-11;1-2-25-15(24)19-12(22)8-7-10(16)26-14(8)18-13(23)9-3-4-11-17-5-6-21(11)20-9;1-2-24-15(23)20-11(21)7-6-9(16)26-13(7)19-12(22)14-18-10-8(25-14)4-3-5-17-10/h2-3,6-7,12H,1,4-5,8-11,13H2,(H,25,29);1-3,8-9H,4-7H2,(H,20,24)(H,21,23,25);3-8H,1-2H3,(H,19,22)(H,20,21,23);3-7H,2H2,1H3,(H,18,23)(H,19,22,24);3-6H,2H2,1H3,(H,19,22)(H,20,21,23). The van der Waals surface area contributed by atoms with E-state index < -0.39 is 111 Å². The first-order chi connectivity index (χ1) is 66.5. The van der Waals surface area contributed by atoms with Gasteiger partial charge in [-0.2, -0.15) is 18.3 Å². The monoisotopic (exact) mass is 2050 g/mol. The average Bonchev–Trinajstić information content (AvgIpc) is 1.68. The molecule has 2 saturated heterocycles. The molecule has 0 atom stereocenters. The topological polar surface area (TPSA) is 537 Å². The van der Waals surface area contributed by atoms with Crippen LogP contribution >= 0.6 is 102 Å². The summed E-state index contributed by atoms with van der Waals surface area (Å²) in [4.78, 5) is 219. The summed E-state index contributed by atoms with van der Waals surface area (Å²) in [6, 6.07) is 24.7. The number of nitrogens with one attached hydrogen (secondary N) is 9. The molecule has 1 aromatic carbocycles. The molecule has 2 aliphatic heterocycles. The molecule has 17 rings (SSSR count). The summed E-state index contributed by atoms with van der Waals surface area (Å²) in [5.74, 6) is -6.93. The van der Waals surface area contributed by atoms with Crippen LogP contribution in [0.25, 0.3) is 46.8 Å². The summed E-state index contributed by atoms with van der Waals surface area (Å²) < 4.78 is 70.1. The highest BCUT2D eigenvalue weighted by Crippen LogP contribution is 2.35. The number of nitrogens with zero attached hydrogens (tertiary/aromatic N) is 12. The van der Waals surface area contributed by atoms with Gasteiger partial charge in [0.1, 0.15) is 49.2 Å². The Bertz CT molecular complexity index is 6850. The Morgan fingerprint density at radius 2 is 0.928 bits per heavy atom. The lowest BCUT2D eigenvalue weighted by Crippen LogP contribution is -2.48. The van der Waals surface area contributed by atoms with Gasteiger partial charge in [0.25, 0.3) is 53.2 Å². The zero-order valence-electron chi connectivity index (χ0n) is 72.2. The number of urea groups is 1. The number of Topliss-reactive ketones (excluding diaryl/α,β-unsaturated/α-hetero) is 1. The van der Waals surface area contributed by atoms with Crippen molar-refractivity contribution >= 4 is 263 Å². The van der Waals surface area contributed by atoms with Crippen LogP contribution in [-0.2, 0) is 28.5 Å². The molecule has 14 aromatic heterocycles. The van der Waals surface area contributed by atoms with Gasteiger partial charge in [0.05, 0.1) is 90.9 Å². The van der Waals surface area contributed by atoms with Gasteiger partial charge in [-0.05, 0) is 137 Å².